The first-order valence-corrected chi connectivity index (χ1v) is 12.0. The Kier molecular flexibility index (Phi) is 9.45. The molecule has 180 valence electrons. The zero-order valence-corrected chi connectivity index (χ0v) is 19.9. The standard InChI is InChI=1S/C26H37N3O4/c1-3-11-26(12-7-4-8-13-26)33-20-22(31)18-28-14-16-29(17-15-28)19-25(32)27-24-10-6-5-9-23(24)21(2)30/h5-6,9-10,22,31H,4,7-8,12-20H2,1-2H3,(H,27,32). The number of carbonyl (C=O) groups excluding carboxylic acids is 2. The summed E-state index contributed by atoms with van der Waals surface area (Å²) in [6.07, 6.45) is 4.81. The third-order valence-electron chi connectivity index (χ3n) is 6.45. The van der Waals surface area contributed by atoms with E-state index in [2.05, 4.69) is 27.0 Å². The lowest BCUT2D eigenvalue weighted by Crippen LogP contribution is -2.51. The highest BCUT2D eigenvalue weighted by Gasteiger charge is 2.32. The van der Waals surface area contributed by atoms with Crippen molar-refractivity contribution in [2.45, 2.75) is 57.7 Å². The number of piperazine rings is 1. The van der Waals surface area contributed by atoms with Crippen molar-refractivity contribution in [3.05, 3.63) is 29.8 Å². The number of β-amino-alcohol motifs (C(OH)–C–C–N with tert-alkyl or cyclic N) is 1. The van der Waals surface area contributed by atoms with Crippen LogP contribution in [0.25, 0.3) is 0 Å². The third kappa shape index (κ3) is 7.65. The van der Waals surface area contributed by atoms with E-state index in [1.807, 2.05) is 6.92 Å². The summed E-state index contributed by atoms with van der Waals surface area (Å²) in [7, 11) is 0. The van der Waals surface area contributed by atoms with Crippen LogP contribution in [0.5, 0.6) is 0 Å². The topological polar surface area (TPSA) is 82.1 Å². The Hall–Kier alpha value is -2.24. The van der Waals surface area contributed by atoms with Crippen molar-refractivity contribution in [1.82, 2.24) is 9.80 Å². The van der Waals surface area contributed by atoms with Gasteiger partial charge < -0.3 is 15.2 Å². The number of Topliss-reactive ketones (excluding diaryl/α,β-unsaturated/α-hetero) is 1. The smallest absolute Gasteiger partial charge is 0.238 e. The second-order valence-corrected chi connectivity index (χ2v) is 9.12. The Morgan fingerprint density at radius 1 is 1.12 bits per heavy atom. The number of hydrogen-bond donors (Lipinski definition) is 2. The van der Waals surface area contributed by atoms with Gasteiger partial charge >= 0.3 is 0 Å². The number of benzene rings is 1. The van der Waals surface area contributed by atoms with Crippen LogP contribution in [0.3, 0.4) is 0 Å². The normalized spacial score (nSPS) is 19.8. The van der Waals surface area contributed by atoms with Crippen LogP contribution < -0.4 is 5.32 Å². The summed E-state index contributed by atoms with van der Waals surface area (Å²) < 4.78 is 6.13. The molecular formula is C26H37N3O4. The Bertz CT molecular complexity index is 862. The summed E-state index contributed by atoms with van der Waals surface area (Å²) in [5, 5.41) is 13.4. The number of para-hydroxylation sites is 1. The minimum Gasteiger partial charge on any atom is -0.389 e. The molecule has 1 saturated carbocycles. The highest BCUT2D eigenvalue weighted by molar-refractivity contribution is 6.04. The number of hydrogen-bond acceptors (Lipinski definition) is 6. The minimum absolute atomic E-state index is 0.0711. The predicted octanol–water partition coefficient (Wildman–Crippen LogP) is 2.55. The molecule has 1 aliphatic carbocycles. The van der Waals surface area contributed by atoms with Gasteiger partial charge in [0.2, 0.25) is 5.91 Å². The molecule has 1 amide bonds. The van der Waals surface area contributed by atoms with Crippen LogP contribution in [0.2, 0.25) is 0 Å². The van der Waals surface area contributed by atoms with Crippen LogP contribution in [-0.2, 0) is 9.53 Å². The number of aliphatic hydroxyl groups excluding tert-OH is 1. The van der Waals surface area contributed by atoms with E-state index in [-0.39, 0.29) is 23.8 Å². The van der Waals surface area contributed by atoms with Crippen molar-refractivity contribution in [3.63, 3.8) is 0 Å². The molecule has 1 atom stereocenters. The highest BCUT2D eigenvalue weighted by atomic mass is 16.5. The van der Waals surface area contributed by atoms with Gasteiger partial charge in [0, 0.05) is 38.3 Å². The Labute approximate surface area is 197 Å². The zero-order valence-electron chi connectivity index (χ0n) is 19.9. The van der Waals surface area contributed by atoms with Crippen LogP contribution in [0.15, 0.2) is 24.3 Å². The van der Waals surface area contributed by atoms with E-state index in [1.54, 1.807) is 24.3 Å². The molecule has 2 N–H and O–H groups in total. The molecule has 0 aromatic heterocycles. The first-order chi connectivity index (χ1) is 15.9. The van der Waals surface area contributed by atoms with Gasteiger partial charge in [-0.3, -0.25) is 19.4 Å². The molecule has 1 unspecified atom stereocenters. The Morgan fingerprint density at radius 3 is 2.45 bits per heavy atom. The van der Waals surface area contributed by atoms with Crippen molar-refractivity contribution in [3.8, 4) is 11.8 Å². The lowest BCUT2D eigenvalue weighted by molar-refractivity contribution is -0.117. The molecule has 0 spiro atoms. The van der Waals surface area contributed by atoms with Gasteiger partial charge in [0.05, 0.1) is 24.9 Å². The maximum absolute atomic E-state index is 12.5. The molecule has 0 radical (unpaired) electrons. The van der Waals surface area contributed by atoms with Crippen molar-refractivity contribution >= 4 is 17.4 Å². The second kappa shape index (κ2) is 12.3. The molecule has 33 heavy (non-hydrogen) atoms. The lowest BCUT2D eigenvalue weighted by atomic mass is 9.85. The molecule has 1 aliphatic heterocycles. The fourth-order valence-electron chi connectivity index (χ4n) is 4.68. The van der Waals surface area contributed by atoms with Crippen molar-refractivity contribution in [1.29, 1.82) is 0 Å². The zero-order chi connectivity index (χ0) is 23.7. The predicted molar refractivity (Wildman–Crippen MR) is 129 cm³/mol. The summed E-state index contributed by atoms with van der Waals surface area (Å²) in [6.45, 7) is 7.55. The molecule has 2 aliphatic rings. The van der Waals surface area contributed by atoms with E-state index in [4.69, 9.17) is 4.74 Å². The molecule has 0 bridgehead atoms. The monoisotopic (exact) mass is 455 g/mol. The number of aliphatic hydroxyl groups is 1. The summed E-state index contributed by atoms with van der Waals surface area (Å²) in [5.41, 5.74) is 0.688. The number of nitrogens with zero attached hydrogens (tertiary/aromatic N) is 2. The summed E-state index contributed by atoms with van der Waals surface area (Å²) in [6, 6.07) is 7.06. The van der Waals surface area contributed by atoms with Crippen LogP contribution in [0, 0.1) is 11.8 Å². The average molecular weight is 456 g/mol. The van der Waals surface area contributed by atoms with Crippen LogP contribution in [-0.4, -0.2) is 84.2 Å². The largest absolute Gasteiger partial charge is 0.389 e. The van der Waals surface area contributed by atoms with E-state index < -0.39 is 6.10 Å². The van der Waals surface area contributed by atoms with E-state index in [0.29, 0.717) is 24.4 Å². The molecule has 1 aromatic carbocycles. The molecule has 7 nitrogen and oxygen atoms in total. The van der Waals surface area contributed by atoms with Crippen LogP contribution in [0.4, 0.5) is 5.69 Å². The quantitative estimate of drug-likeness (QED) is 0.440. The minimum atomic E-state index is -0.555. The number of rotatable bonds is 9. The fourth-order valence-corrected chi connectivity index (χ4v) is 4.68. The lowest BCUT2D eigenvalue weighted by Gasteiger charge is -2.36. The first kappa shape index (κ1) is 25.4. The summed E-state index contributed by atoms with van der Waals surface area (Å²) >= 11 is 0. The summed E-state index contributed by atoms with van der Waals surface area (Å²) in [4.78, 5) is 28.5. The van der Waals surface area contributed by atoms with E-state index in [9.17, 15) is 14.7 Å². The number of anilines is 1. The Balaban J connectivity index is 1.39. The number of ether oxygens (including phenoxy) is 1. The second-order valence-electron chi connectivity index (χ2n) is 9.12. The molecule has 1 saturated heterocycles. The number of nitrogens with one attached hydrogen (secondary N) is 1. The fraction of sp³-hybridized carbons (Fsp3) is 0.615. The SMILES string of the molecule is CC#CC1(OCC(O)CN2CCN(CC(=O)Nc3ccccc3C(C)=O)CC2)CCCCC1. The highest BCUT2D eigenvalue weighted by Crippen LogP contribution is 2.31. The van der Waals surface area contributed by atoms with E-state index in [0.717, 1.165) is 51.9 Å². The number of amides is 1. The van der Waals surface area contributed by atoms with Crippen molar-refractivity contribution in [2.75, 3.05) is 51.2 Å². The van der Waals surface area contributed by atoms with Gasteiger partial charge in [0.15, 0.2) is 5.78 Å². The van der Waals surface area contributed by atoms with Gasteiger partial charge in [-0.05, 0) is 51.7 Å². The van der Waals surface area contributed by atoms with Crippen LogP contribution >= 0.6 is 0 Å². The maximum atomic E-state index is 12.5. The Morgan fingerprint density at radius 2 is 1.79 bits per heavy atom. The van der Waals surface area contributed by atoms with Gasteiger partial charge in [0.25, 0.3) is 0 Å². The number of ketones is 1. The van der Waals surface area contributed by atoms with Gasteiger partial charge in [-0.15, -0.1) is 5.92 Å². The van der Waals surface area contributed by atoms with Gasteiger partial charge in [-0.2, -0.15) is 0 Å². The maximum Gasteiger partial charge on any atom is 0.238 e. The molecule has 2 fully saturated rings. The number of carbonyl (C=O) groups is 2. The molecular weight excluding hydrogens is 418 g/mol. The molecule has 3 rings (SSSR count). The van der Waals surface area contributed by atoms with Gasteiger partial charge in [-0.25, -0.2) is 0 Å². The van der Waals surface area contributed by atoms with E-state index in [1.165, 1.54) is 13.3 Å². The molecule has 7 heteroatoms. The third-order valence-corrected chi connectivity index (χ3v) is 6.45. The van der Waals surface area contributed by atoms with Crippen molar-refractivity contribution in [2.24, 2.45) is 0 Å². The van der Waals surface area contributed by atoms with Gasteiger partial charge in [0.1, 0.15) is 5.60 Å². The van der Waals surface area contributed by atoms with Crippen molar-refractivity contribution < 1.29 is 19.4 Å². The van der Waals surface area contributed by atoms with Crippen LogP contribution in [0.1, 0.15) is 56.3 Å². The average Bonchev–Trinajstić information content (AvgIpc) is 2.80. The van der Waals surface area contributed by atoms with Gasteiger partial charge in [-0.1, -0.05) is 24.5 Å². The molecule has 1 aromatic rings. The summed E-state index contributed by atoms with van der Waals surface area (Å²) in [5.74, 6) is 6.06. The van der Waals surface area contributed by atoms with E-state index >= 15 is 0 Å². The molecule has 1 heterocycles. The first-order valence-electron chi connectivity index (χ1n) is 12.0.